The topological polar surface area (TPSA) is 115 Å². The highest BCUT2D eigenvalue weighted by molar-refractivity contribution is 5.73. The normalized spacial score (nSPS) is 10.9. The zero-order chi connectivity index (χ0) is 15.4. The number of anilines is 2. The molecule has 0 spiro atoms. The second-order valence-corrected chi connectivity index (χ2v) is 4.44. The van der Waals surface area contributed by atoms with Crippen LogP contribution in [0.15, 0.2) is 65.1 Å². The summed E-state index contributed by atoms with van der Waals surface area (Å²) in [6, 6.07) is 12.8. The van der Waals surface area contributed by atoms with E-state index < -0.39 is 0 Å². The third-order valence-corrected chi connectivity index (χ3v) is 2.90. The Labute approximate surface area is 126 Å². The Morgan fingerprint density at radius 3 is 2.05 bits per heavy atom. The molecule has 22 heavy (non-hydrogen) atoms. The van der Waals surface area contributed by atoms with E-state index in [9.17, 15) is 0 Å². The molecule has 0 atom stereocenters. The number of rotatable bonds is 3. The second kappa shape index (κ2) is 5.96. The maximum absolute atomic E-state index is 5.92. The van der Waals surface area contributed by atoms with Gasteiger partial charge >= 0.3 is 0 Å². The summed E-state index contributed by atoms with van der Waals surface area (Å²) in [6.07, 6.45) is 3.29. The molecule has 2 aromatic heterocycles. The van der Waals surface area contributed by atoms with Gasteiger partial charge in [0.1, 0.15) is 0 Å². The molecular weight excluding hydrogens is 278 g/mol. The summed E-state index contributed by atoms with van der Waals surface area (Å²) in [4.78, 5) is 12.4. The van der Waals surface area contributed by atoms with Crippen molar-refractivity contribution >= 4 is 23.0 Å². The zero-order valence-electron chi connectivity index (χ0n) is 11.6. The Hall–Kier alpha value is -3.35. The van der Waals surface area contributed by atoms with Gasteiger partial charge in [0.25, 0.3) is 0 Å². The number of nitrogens with zero attached hydrogens (tertiary/aromatic N) is 5. The predicted octanol–water partition coefficient (Wildman–Crippen LogP) is 3.12. The average molecular weight is 291 g/mol. The van der Waals surface area contributed by atoms with Crippen molar-refractivity contribution < 1.29 is 0 Å². The van der Waals surface area contributed by atoms with E-state index in [1.807, 2.05) is 30.3 Å². The maximum atomic E-state index is 5.92. The Morgan fingerprint density at radius 1 is 0.773 bits per heavy atom. The monoisotopic (exact) mass is 291 g/mol. The van der Waals surface area contributed by atoms with Crippen LogP contribution in [-0.2, 0) is 0 Å². The van der Waals surface area contributed by atoms with Gasteiger partial charge in [-0.2, -0.15) is 5.11 Å². The number of nitrogens with two attached hydrogens (primary N) is 2. The first kappa shape index (κ1) is 13.6. The van der Waals surface area contributed by atoms with Crippen LogP contribution in [0.1, 0.15) is 0 Å². The van der Waals surface area contributed by atoms with Crippen molar-refractivity contribution in [3.63, 3.8) is 0 Å². The third-order valence-electron chi connectivity index (χ3n) is 2.90. The fraction of sp³-hybridized carbons (Fsp3) is 0. The molecule has 0 saturated heterocycles. The van der Waals surface area contributed by atoms with Gasteiger partial charge in [-0.25, -0.2) is 9.97 Å². The summed E-state index contributed by atoms with van der Waals surface area (Å²) in [5.74, 6) is 0.786. The minimum absolute atomic E-state index is 0.180. The minimum Gasteiger partial charge on any atom is -0.382 e. The summed E-state index contributed by atoms with van der Waals surface area (Å²) >= 11 is 0. The molecule has 2 heterocycles. The third kappa shape index (κ3) is 2.88. The molecule has 0 aliphatic carbocycles. The lowest BCUT2D eigenvalue weighted by atomic mass is 10.2. The Morgan fingerprint density at radius 2 is 1.41 bits per heavy atom. The molecule has 3 aromatic rings. The molecule has 3 rings (SSSR count). The van der Waals surface area contributed by atoms with Gasteiger partial charge in [-0.1, -0.05) is 18.2 Å². The lowest BCUT2D eigenvalue weighted by molar-refractivity contribution is 1.14. The van der Waals surface area contributed by atoms with Crippen LogP contribution in [-0.4, -0.2) is 15.0 Å². The van der Waals surface area contributed by atoms with Gasteiger partial charge in [-0.3, -0.25) is 4.98 Å². The second-order valence-electron chi connectivity index (χ2n) is 4.44. The van der Waals surface area contributed by atoms with Gasteiger partial charge in [0.05, 0.1) is 5.69 Å². The van der Waals surface area contributed by atoms with Crippen LogP contribution in [0.4, 0.5) is 23.0 Å². The summed E-state index contributed by atoms with van der Waals surface area (Å²) in [5, 5.41) is 8.12. The first-order chi connectivity index (χ1) is 10.7. The number of benzene rings is 1. The van der Waals surface area contributed by atoms with E-state index in [2.05, 4.69) is 25.2 Å². The molecule has 4 N–H and O–H groups in total. The van der Waals surface area contributed by atoms with Gasteiger partial charge in [0.15, 0.2) is 23.1 Å². The molecule has 108 valence electrons. The zero-order valence-corrected chi connectivity index (χ0v) is 11.6. The molecule has 0 amide bonds. The van der Waals surface area contributed by atoms with E-state index in [4.69, 9.17) is 11.5 Å². The van der Waals surface area contributed by atoms with Gasteiger partial charge in [-0.15, -0.1) is 5.11 Å². The van der Waals surface area contributed by atoms with E-state index in [0.29, 0.717) is 11.5 Å². The molecule has 0 fully saturated rings. The van der Waals surface area contributed by atoms with Gasteiger partial charge < -0.3 is 11.5 Å². The van der Waals surface area contributed by atoms with Crippen LogP contribution in [0.5, 0.6) is 0 Å². The Balaban J connectivity index is 1.95. The number of nitrogen functional groups attached to an aromatic ring is 2. The highest BCUT2D eigenvalue weighted by Gasteiger charge is 2.11. The highest BCUT2D eigenvalue weighted by atomic mass is 15.2. The van der Waals surface area contributed by atoms with Crippen LogP contribution in [0.3, 0.4) is 0 Å². The number of hydrogen-bond donors (Lipinski definition) is 2. The van der Waals surface area contributed by atoms with Gasteiger partial charge in [-0.05, 0) is 24.3 Å². The molecule has 1 aromatic carbocycles. The van der Waals surface area contributed by atoms with Gasteiger partial charge in [0.2, 0.25) is 0 Å². The number of hydrogen-bond acceptors (Lipinski definition) is 7. The first-order valence-corrected chi connectivity index (χ1v) is 6.54. The summed E-state index contributed by atoms with van der Waals surface area (Å²) in [7, 11) is 0. The van der Waals surface area contributed by atoms with Crippen molar-refractivity contribution in [2.24, 2.45) is 10.2 Å². The lowest BCUT2D eigenvalue weighted by Gasteiger charge is -2.05. The molecule has 7 heteroatoms. The number of aromatic nitrogens is 3. The average Bonchev–Trinajstić information content (AvgIpc) is 2.56. The van der Waals surface area contributed by atoms with E-state index in [0.717, 1.165) is 5.56 Å². The molecule has 0 bridgehead atoms. The van der Waals surface area contributed by atoms with Crippen molar-refractivity contribution in [1.82, 2.24) is 15.0 Å². The van der Waals surface area contributed by atoms with Crippen molar-refractivity contribution in [3.8, 4) is 11.4 Å². The van der Waals surface area contributed by atoms with Crippen LogP contribution < -0.4 is 11.5 Å². The van der Waals surface area contributed by atoms with Crippen molar-refractivity contribution in [1.29, 1.82) is 0 Å². The fourth-order valence-electron chi connectivity index (χ4n) is 1.83. The van der Waals surface area contributed by atoms with Crippen molar-refractivity contribution in [2.75, 3.05) is 11.5 Å². The van der Waals surface area contributed by atoms with E-state index >= 15 is 0 Å². The van der Waals surface area contributed by atoms with Crippen LogP contribution in [0.2, 0.25) is 0 Å². The van der Waals surface area contributed by atoms with E-state index in [-0.39, 0.29) is 17.3 Å². The summed E-state index contributed by atoms with van der Waals surface area (Å²) in [5.41, 5.74) is 13.6. The molecule has 0 aliphatic heterocycles. The first-order valence-electron chi connectivity index (χ1n) is 6.54. The smallest absolute Gasteiger partial charge is 0.170 e. The molecule has 0 aliphatic rings. The Bertz CT molecular complexity index is 778. The molecule has 0 unspecified atom stereocenters. The minimum atomic E-state index is 0.180. The molecule has 7 nitrogen and oxygen atoms in total. The van der Waals surface area contributed by atoms with E-state index in [1.54, 1.807) is 24.5 Å². The summed E-state index contributed by atoms with van der Waals surface area (Å²) < 4.78 is 0. The standard InChI is InChI=1S/C15H13N7/c16-13-12(22-21-11-4-2-1-3-5-11)14(17)20-15(19-13)10-6-8-18-9-7-10/h1-9H,(H4,16,17,19,20)/b22-21+. The Kier molecular flexibility index (Phi) is 3.69. The summed E-state index contributed by atoms with van der Waals surface area (Å²) in [6.45, 7) is 0. The fourth-order valence-corrected chi connectivity index (χ4v) is 1.83. The highest BCUT2D eigenvalue weighted by Crippen LogP contribution is 2.30. The van der Waals surface area contributed by atoms with Crippen LogP contribution in [0.25, 0.3) is 11.4 Å². The molecule has 0 radical (unpaired) electrons. The van der Waals surface area contributed by atoms with E-state index in [1.165, 1.54) is 0 Å². The quantitative estimate of drug-likeness (QED) is 0.719. The SMILES string of the molecule is Nc1nc(-c2ccncc2)nc(N)c1/N=N/c1ccccc1. The van der Waals surface area contributed by atoms with Crippen LogP contribution >= 0.6 is 0 Å². The molecular formula is C15H13N7. The van der Waals surface area contributed by atoms with Crippen molar-refractivity contribution in [2.45, 2.75) is 0 Å². The maximum Gasteiger partial charge on any atom is 0.170 e. The number of pyridine rings is 1. The van der Waals surface area contributed by atoms with Crippen LogP contribution in [0, 0.1) is 0 Å². The predicted molar refractivity (Wildman–Crippen MR) is 84.7 cm³/mol. The lowest BCUT2D eigenvalue weighted by Crippen LogP contribution is -2.01. The molecule has 0 saturated carbocycles. The van der Waals surface area contributed by atoms with Gasteiger partial charge in [0, 0.05) is 18.0 Å². The number of azo groups is 1. The van der Waals surface area contributed by atoms with Crippen molar-refractivity contribution in [3.05, 3.63) is 54.9 Å². The largest absolute Gasteiger partial charge is 0.382 e.